The van der Waals surface area contributed by atoms with Gasteiger partial charge in [0, 0.05) is 10.0 Å². The summed E-state index contributed by atoms with van der Waals surface area (Å²) in [7, 11) is 1.52. The summed E-state index contributed by atoms with van der Waals surface area (Å²) in [4.78, 5) is 0. The number of rotatable bonds is 4. The van der Waals surface area contributed by atoms with Crippen molar-refractivity contribution in [3.05, 3.63) is 58.1 Å². The molecule has 2 aromatic carbocycles. The van der Waals surface area contributed by atoms with Crippen molar-refractivity contribution >= 4 is 15.9 Å². The van der Waals surface area contributed by atoms with E-state index in [1.54, 1.807) is 12.1 Å². The summed E-state index contributed by atoms with van der Waals surface area (Å²) in [6.07, 6.45) is -4.38. The Morgan fingerprint density at radius 1 is 1.10 bits per heavy atom. The predicted octanol–water partition coefficient (Wildman–Crippen LogP) is 5.06. The molecule has 0 bridgehead atoms. The van der Waals surface area contributed by atoms with E-state index in [0.717, 1.165) is 22.2 Å². The van der Waals surface area contributed by atoms with Crippen molar-refractivity contribution in [1.29, 1.82) is 0 Å². The first-order chi connectivity index (χ1) is 9.90. The van der Waals surface area contributed by atoms with E-state index in [2.05, 4.69) is 15.9 Å². The van der Waals surface area contributed by atoms with Gasteiger partial charge in [0.15, 0.2) is 0 Å². The maximum absolute atomic E-state index is 12.6. The van der Waals surface area contributed by atoms with Gasteiger partial charge in [0.1, 0.15) is 18.1 Å². The molecule has 2 nitrogen and oxygen atoms in total. The molecule has 0 unspecified atom stereocenters. The Hall–Kier alpha value is -1.69. The molecule has 0 atom stereocenters. The van der Waals surface area contributed by atoms with Gasteiger partial charge in [-0.25, -0.2) is 0 Å². The van der Waals surface area contributed by atoms with Gasteiger partial charge >= 0.3 is 6.18 Å². The highest BCUT2D eigenvalue weighted by atomic mass is 79.9. The van der Waals surface area contributed by atoms with Crippen LogP contribution in [0.3, 0.4) is 0 Å². The molecule has 0 saturated carbocycles. The van der Waals surface area contributed by atoms with Gasteiger partial charge in [0.05, 0.1) is 12.7 Å². The van der Waals surface area contributed by atoms with Crippen LogP contribution < -0.4 is 9.47 Å². The normalized spacial score (nSPS) is 11.3. The van der Waals surface area contributed by atoms with E-state index >= 15 is 0 Å². The summed E-state index contributed by atoms with van der Waals surface area (Å²) in [5.41, 5.74) is 0.00509. The molecule has 0 saturated heterocycles. The van der Waals surface area contributed by atoms with Crippen LogP contribution in [0.4, 0.5) is 13.2 Å². The molecule has 0 aromatic heterocycles. The summed E-state index contributed by atoms with van der Waals surface area (Å²) in [5.74, 6) is 0.775. The lowest BCUT2D eigenvalue weighted by molar-refractivity contribution is -0.137. The minimum atomic E-state index is -4.38. The highest BCUT2D eigenvalue weighted by Crippen LogP contribution is 2.32. The summed E-state index contributed by atoms with van der Waals surface area (Å²) < 4.78 is 49.3. The highest BCUT2D eigenvalue weighted by molar-refractivity contribution is 9.10. The molecule has 0 aliphatic rings. The van der Waals surface area contributed by atoms with E-state index in [1.165, 1.54) is 19.2 Å². The fraction of sp³-hybridized carbons (Fsp3) is 0.200. The molecule has 112 valence electrons. The topological polar surface area (TPSA) is 18.5 Å². The van der Waals surface area contributed by atoms with Gasteiger partial charge < -0.3 is 9.47 Å². The van der Waals surface area contributed by atoms with Gasteiger partial charge in [-0.2, -0.15) is 13.2 Å². The zero-order valence-electron chi connectivity index (χ0n) is 11.1. The molecule has 2 aromatic rings. The van der Waals surface area contributed by atoms with Crippen molar-refractivity contribution in [2.24, 2.45) is 0 Å². The summed E-state index contributed by atoms with van der Waals surface area (Å²) >= 11 is 3.33. The lowest BCUT2D eigenvalue weighted by atomic mass is 10.2. The van der Waals surface area contributed by atoms with E-state index < -0.39 is 11.7 Å². The quantitative estimate of drug-likeness (QED) is 0.758. The van der Waals surface area contributed by atoms with Crippen LogP contribution in [0.1, 0.15) is 11.1 Å². The summed E-state index contributed by atoms with van der Waals surface area (Å²) in [6, 6.07) is 10.2. The maximum Gasteiger partial charge on any atom is 0.416 e. The Morgan fingerprint density at radius 2 is 1.86 bits per heavy atom. The number of methoxy groups -OCH3 is 1. The van der Waals surface area contributed by atoms with Crippen LogP contribution in [0, 0.1) is 0 Å². The van der Waals surface area contributed by atoms with Crippen LogP contribution in [0.15, 0.2) is 46.9 Å². The number of ether oxygens (including phenoxy) is 2. The fourth-order valence-corrected chi connectivity index (χ4v) is 2.19. The second kappa shape index (κ2) is 6.39. The Kier molecular flexibility index (Phi) is 4.77. The molecule has 0 amide bonds. The molecular weight excluding hydrogens is 349 g/mol. The number of hydrogen-bond donors (Lipinski definition) is 0. The van der Waals surface area contributed by atoms with Gasteiger partial charge in [-0.15, -0.1) is 0 Å². The largest absolute Gasteiger partial charge is 0.496 e. The van der Waals surface area contributed by atoms with Crippen LogP contribution in [0.2, 0.25) is 0 Å². The molecule has 21 heavy (non-hydrogen) atoms. The van der Waals surface area contributed by atoms with Crippen LogP contribution >= 0.6 is 15.9 Å². The highest BCUT2D eigenvalue weighted by Gasteiger charge is 2.30. The Balaban J connectivity index is 2.15. The monoisotopic (exact) mass is 360 g/mol. The average molecular weight is 361 g/mol. The molecule has 2 rings (SSSR count). The van der Waals surface area contributed by atoms with Crippen LogP contribution in [-0.2, 0) is 12.8 Å². The lowest BCUT2D eigenvalue weighted by Crippen LogP contribution is -2.05. The molecular formula is C15H12BrF3O2. The van der Waals surface area contributed by atoms with Crippen molar-refractivity contribution in [3.8, 4) is 11.5 Å². The number of alkyl halides is 3. The standard InChI is InChI=1S/C15H12BrF3O2/c1-20-14-6-5-12(16)7-10(14)9-21-13-4-2-3-11(8-13)15(17,18)19/h2-8H,9H2,1H3. The molecule has 0 N–H and O–H groups in total. The molecule has 0 radical (unpaired) electrons. The summed E-state index contributed by atoms with van der Waals surface area (Å²) in [6.45, 7) is 0.115. The first-order valence-corrected chi connectivity index (χ1v) is 6.82. The lowest BCUT2D eigenvalue weighted by Gasteiger charge is -2.12. The van der Waals surface area contributed by atoms with Gasteiger partial charge in [0.2, 0.25) is 0 Å². The zero-order valence-corrected chi connectivity index (χ0v) is 12.7. The number of benzene rings is 2. The van der Waals surface area contributed by atoms with Crippen LogP contribution in [0.25, 0.3) is 0 Å². The third kappa shape index (κ3) is 4.14. The number of hydrogen-bond acceptors (Lipinski definition) is 2. The first-order valence-electron chi connectivity index (χ1n) is 6.02. The number of halogens is 4. The molecule has 0 aliphatic heterocycles. The minimum absolute atomic E-state index is 0.115. The van der Waals surface area contributed by atoms with E-state index in [0.29, 0.717) is 5.75 Å². The van der Waals surface area contributed by atoms with E-state index in [4.69, 9.17) is 9.47 Å². The Morgan fingerprint density at radius 3 is 2.52 bits per heavy atom. The Bertz CT molecular complexity index is 627. The van der Waals surface area contributed by atoms with Crippen molar-refractivity contribution in [2.75, 3.05) is 7.11 Å². The van der Waals surface area contributed by atoms with E-state index in [9.17, 15) is 13.2 Å². The van der Waals surface area contributed by atoms with Crippen molar-refractivity contribution in [3.63, 3.8) is 0 Å². The van der Waals surface area contributed by atoms with Gasteiger partial charge in [-0.1, -0.05) is 22.0 Å². The minimum Gasteiger partial charge on any atom is -0.496 e. The fourth-order valence-electron chi connectivity index (χ4n) is 1.78. The first kappa shape index (κ1) is 15.7. The molecule has 0 spiro atoms. The third-order valence-corrected chi connectivity index (χ3v) is 3.29. The van der Waals surface area contributed by atoms with E-state index in [1.807, 2.05) is 6.07 Å². The van der Waals surface area contributed by atoms with Crippen molar-refractivity contribution < 1.29 is 22.6 Å². The van der Waals surface area contributed by atoms with Gasteiger partial charge in [-0.05, 0) is 36.4 Å². The third-order valence-electron chi connectivity index (χ3n) is 2.80. The second-order valence-corrected chi connectivity index (χ2v) is 5.19. The van der Waals surface area contributed by atoms with E-state index in [-0.39, 0.29) is 12.4 Å². The molecule has 0 aliphatic carbocycles. The predicted molar refractivity (Wildman–Crippen MR) is 76.5 cm³/mol. The average Bonchev–Trinajstić information content (AvgIpc) is 2.45. The van der Waals surface area contributed by atoms with Crippen LogP contribution in [0.5, 0.6) is 11.5 Å². The maximum atomic E-state index is 12.6. The SMILES string of the molecule is COc1ccc(Br)cc1COc1cccc(C(F)(F)F)c1. The second-order valence-electron chi connectivity index (χ2n) is 4.27. The molecule has 6 heteroatoms. The molecule has 0 fully saturated rings. The van der Waals surface area contributed by atoms with Crippen molar-refractivity contribution in [1.82, 2.24) is 0 Å². The Labute approximate surface area is 128 Å². The van der Waals surface area contributed by atoms with Crippen molar-refractivity contribution in [2.45, 2.75) is 12.8 Å². The van der Waals surface area contributed by atoms with Gasteiger partial charge in [-0.3, -0.25) is 0 Å². The summed E-state index contributed by atoms with van der Waals surface area (Å²) in [5, 5.41) is 0. The molecule has 0 heterocycles. The van der Waals surface area contributed by atoms with Gasteiger partial charge in [0.25, 0.3) is 0 Å². The van der Waals surface area contributed by atoms with Crippen LogP contribution in [-0.4, -0.2) is 7.11 Å². The zero-order chi connectivity index (χ0) is 15.5. The smallest absolute Gasteiger partial charge is 0.416 e.